The van der Waals surface area contributed by atoms with Crippen molar-refractivity contribution in [2.45, 2.75) is 110 Å². The summed E-state index contributed by atoms with van der Waals surface area (Å²) >= 11 is 0. The van der Waals surface area contributed by atoms with Gasteiger partial charge in [0.25, 0.3) is 0 Å². The van der Waals surface area contributed by atoms with Crippen molar-refractivity contribution in [3.63, 3.8) is 0 Å². The Balaban J connectivity index is 3.83. The zero-order chi connectivity index (χ0) is 17.8. The Bertz CT molecular complexity index is 343. The fourth-order valence-electron chi connectivity index (χ4n) is 2.66. The molecular formula is C20H38O3. The molecule has 0 spiro atoms. The van der Waals surface area contributed by atoms with Gasteiger partial charge in [0.2, 0.25) is 0 Å². The number of hydrogen-bond donors (Lipinski definition) is 2. The van der Waals surface area contributed by atoms with Crippen LogP contribution in [0.4, 0.5) is 0 Å². The van der Waals surface area contributed by atoms with Crippen molar-refractivity contribution in [1.82, 2.24) is 0 Å². The van der Waals surface area contributed by atoms with Gasteiger partial charge in [-0.2, -0.15) is 0 Å². The summed E-state index contributed by atoms with van der Waals surface area (Å²) in [6, 6.07) is 0. The largest absolute Gasteiger partial charge is 0.382 e. The number of carbonyl (C=O) groups excluding carboxylic acids is 1. The van der Waals surface area contributed by atoms with Gasteiger partial charge in [0.05, 0.1) is 0 Å². The molecule has 0 saturated carbocycles. The van der Waals surface area contributed by atoms with Gasteiger partial charge in [-0.25, -0.2) is 0 Å². The minimum atomic E-state index is -1.49. The molecule has 0 fully saturated rings. The van der Waals surface area contributed by atoms with E-state index in [-0.39, 0.29) is 6.42 Å². The van der Waals surface area contributed by atoms with E-state index < -0.39 is 17.0 Å². The fourth-order valence-corrected chi connectivity index (χ4v) is 2.66. The highest BCUT2D eigenvalue weighted by molar-refractivity contribution is 5.93. The number of rotatable bonds is 14. The van der Waals surface area contributed by atoms with E-state index in [0.717, 1.165) is 12.8 Å². The minimum absolute atomic E-state index is 0.263. The second-order valence-electron chi connectivity index (χ2n) is 7.17. The molecule has 0 aliphatic rings. The molecule has 0 bridgehead atoms. The van der Waals surface area contributed by atoms with Crippen molar-refractivity contribution in [3.05, 3.63) is 12.2 Å². The number of ketones is 1. The van der Waals surface area contributed by atoms with Gasteiger partial charge in [0, 0.05) is 6.42 Å². The first-order valence-corrected chi connectivity index (χ1v) is 9.42. The van der Waals surface area contributed by atoms with Crippen molar-refractivity contribution in [3.8, 4) is 0 Å². The highest BCUT2D eigenvalue weighted by atomic mass is 16.3. The molecule has 0 saturated heterocycles. The van der Waals surface area contributed by atoms with Gasteiger partial charge in [-0.3, -0.25) is 4.79 Å². The zero-order valence-electron chi connectivity index (χ0n) is 15.7. The molecule has 2 N–H and O–H groups in total. The van der Waals surface area contributed by atoms with Crippen LogP contribution in [0.2, 0.25) is 0 Å². The first-order chi connectivity index (χ1) is 10.8. The van der Waals surface area contributed by atoms with E-state index >= 15 is 0 Å². The van der Waals surface area contributed by atoms with Crippen molar-refractivity contribution in [2.75, 3.05) is 0 Å². The number of allylic oxidation sites excluding steroid dienone is 1. The van der Waals surface area contributed by atoms with Gasteiger partial charge in [-0.05, 0) is 33.1 Å². The average Bonchev–Trinajstić information content (AvgIpc) is 2.51. The quantitative estimate of drug-likeness (QED) is 0.351. The van der Waals surface area contributed by atoms with Gasteiger partial charge in [-0.15, -0.1) is 0 Å². The summed E-state index contributed by atoms with van der Waals surface area (Å²) in [6.07, 6.45) is 15.9. The van der Waals surface area contributed by atoms with Crippen LogP contribution in [-0.4, -0.2) is 27.2 Å². The van der Waals surface area contributed by atoms with Gasteiger partial charge < -0.3 is 10.2 Å². The molecule has 3 nitrogen and oxygen atoms in total. The third-order valence-corrected chi connectivity index (χ3v) is 4.57. The van der Waals surface area contributed by atoms with Crippen LogP contribution in [0, 0.1) is 0 Å². The highest BCUT2D eigenvalue weighted by Gasteiger charge is 2.40. The first-order valence-electron chi connectivity index (χ1n) is 9.42. The third-order valence-electron chi connectivity index (χ3n) is 4.57. The van der Waals surface area contributed by atoms with Crippen LogP contribution in [0.5, 0.6) is 0 Å². The van der Waals surface area contributed by atoms with Crippen LogP contribution in [0.1, 0.15) is 98.3 Å². The second-order valence-corrected chi connectivity index (χ2v) is 7.17. The Labute approximate surface area is 143 Å². The summed E-state index contributed by atoms with van der Waals surface area (Å²) < 4.78 is 0. The lowest BCUT2D eigenvalue weighted by atomic mass is 9.84. The summed E-state index contributed by atoms with van der Waals surface area (Å²) in [5, 5.41) is 20.2. The van der Waals surface area contributed by atoms with Crippen molar-refractivity contribution in [2.24, 2.45) is 0 Å². The molecular weight excluding hydrogens is 288 g/mol. The zero-order valence-corrected chi connectivity index (χ0v) is 15.7. The van der Waals surface area contributed by atoms with E-state index in [9.17, 15) is 15.0 Å². The number of unbranched alkanes of at least 4 members (excludes halogenated alkanes) is 8. The maximum atomic E-state index is 12.1. The predicted octanol–water partition coefficient (Wildman–Crippen LogP) is 4.94. The molecule has 0 aromatic carbocycles. The number of aliphatic hydroxyl groups is 2. The smallest absolute Gasteiger partial charge is 0.195 e. The van der Waals surface area contributed by atoms with Crippen LogP contribution in [0.3, 0.4) is 0 Å². The van der Waals surface area contributed by atoms with Gasteiger partial charge >= 0.3 is 0 Å². The maximum absolute atomic E-state index is 12.1. The predicted molar refractivity (Wildman–Crippen MR) is 97.5 cm³/mol. The highest BCUT2D eigenvalue weighted by Crippen LogP contribution is 2.22. The first kappa shape index (κ1) is 22.3. The maximum Gasteiger partial charge on any atom is 0.195 e. The SMILES string of the molecule is CCCCCCCCCC/C=C/C[C@](C)(O)C(=O)[C@@](C)(O)CC. The third kappa shape index (κ3) is 9.93. The minimum Gasteiger partial charge on any atom is -0.382 e. The van der Waals surface area contributed by atoms with Crippen molar-refractivity contribution < 1.29 is 15.0 Å². The van der Waals surface area contributed by atoms with Gasteiger partial charge in [-0.1, -0.05) is 70.9 Å². The monoisotopic (exact) mass is 326 g/mol. The van der Waals surface area contributed by atoms with Crippen LogP contribution < -0.4 is 0 Å². The van der Waals surface area contributed by atoms with Crippen molar-refractivity contribution in [1.29, 1.82) is 0 Å². The topological polar surface area (TPSA) is 57.5 Å². The van der Waals surface area contributed by atoms with Crippen LogP contribution >= 0.6 is 0 Å². The standard InChI is InChI=1S/C20H38O3/c1-5-7-8-9-10-11-12-13-14-15-16-17-20(4,23)18(21)19(3,22)6-2/h15-16,22-23H,5-14,17H2,1-4H3/b16-15+/t19-,20-/m0/s1. The molecule has 0 unspecified atom stereocenters. The summed E-state index contributed by atoms with van der Waals surface area (Å²) in [5.74, 6) is -0.496. The lowest BCUT2D eigenvalue weighted by molar-refractivity contribution is -0.153. The Morgan fingerprint density at radius 2 is 1.35 bits per heavy atom. The van der Waals surface area contributed by atoms with Crippen molar-refractivity contribution >= 4 is 5.78 Å². The molecule has 0 aliphatic carbocycles. The Hall–Kier alpha value is -0.670. The molecule has 23 heavy (non-hydrogen) atoms. The molecule has 0 rings (SSSR count). The average molecular weight is 327 g/mol. The molecule has 136 valence electrons. The van der Waals surface area contributed by atoms with Crippen LogP contribution in [0.25, 0.3) is 0 Å². The normalized spacial score (nSPS) is 17.1. The van der Waals surface area contributed by atoms with E-state index in [4.69, 9.17) is 0 Å². The lowest BCUT2D eigenvalue weighted by Crippen LogP contribution is -2.49. The molecule has 0 aliphatic heterocycles. The van der Waals surface area contributed by atoms with Crippen LogP contribution in [0.15, 0.2) is 12.2 Å². The summed E-state index contributed by atoms with van der Waals surface area (Å²) in [4.78, 5) is 12.1. The summed E-state index contributed by atoms with van der Waals surface area (Å²) in [6.45, 7) is 6.93. The van der Waals surface area contributed by atoms with Gasteiger partial charge in [0.1, 0.15) is 11.2 Å². The molecule has 0 amide bonds. The summed E-state index contributed by atoms with van der Waals surface area (Å²) in [7, 11) is 0. The Morgan fingerprint density at radius 1 is 0.826 bits per heavy atom. The molecule has 2 atom stereocenters. The van der Waals surface area contributed by atoms with E-state index in [1.807, 2.05) is 12.2 Å². The molecule has 3 heteroatoms. The Kier molecular flexibility index (Phi) is 11.5. The number of hydrogen-bond acceptors (Lipinski definition) is 3. The van der Waals surface area contributed by atoms with Crippen LogP contribution in [-0.2, 0) is 4.79 Å². The summed E-state index contributed by atoms with van der Waals surface area (Å²) in [5.41, 5.74) is -2.94. The van der Waals surface area contributed by atoms with E-state index in [2.05, 4.69) is 6.92 Å². The van der Waals surface area contributed by atoms with E-state index in [1.165, 1.54) is 58.8 Å². The number of Topliss-reactive ketones (excluding diaryl/α,β-unsaturated/α-hetero) is 1. The molecule has 0 radical (unpaired) electrons. The second kappa shape index (κ2) is 11.8. The number of carbonyl (C=O) groups is 1. The molecule has 0 heterocycles. The lowest BCUT2D eigenvalue weighted by Gasteiger charge is -2.29. The Morgan fingerprint density at radius 3 is 1.87 bits per heavy atom. The molecule has 0 aromatic rings. The van der Waals surface area contributed by atoms with Gasteiger partial charge in [0.15, 0.2) is 5.78 Å². The van der Waals surface area contributed by atoms with E-state index in [1.54, 1.807) is 6.92 Å². The fraction of sp³-hybridized carbons (Fsp3) is 0.850. The van der Waals surface area contributed by atoms with E-state index in [0.29, 0.717) is 6.42 Å². The molecule has 0 aromatic heterocycles.